The van der Waals surface area contributed by atoms with Crippen LogP contribution in [0.5, 0.6) is 5.75 Å². The highest BCUT2D eigenvalue weighted by molar-refractivity contribution is 7.89. The van der Waals surface area contributed by atoms with Crippen LogP contribution in [-0.4, -0.2) is 28.1 Å². The van der Waals surface area contributed by atoms with Gasteiger partial charge in [0, 0.05) is 0 Å². The van der Waals surface area contributed by atoms with Gasteiger partial charge in [0.2, 0.25) is 10.0 Å². The van der Waals surface area contributed by atoms with Crippen LogP contribution >= 0.6 is 0 Å². The number of hydrogen-bond acceptors (Lipinski definition) is 6. The highest BCUT2D eigenvalue weighted by atomic mass is 32.2. The number of benzene rings is 1. The van der Waals surface area contributed by atoms with E-state index in [0.29, 0.717) is 17.1 Å². The van der Waals surface area contributed by atoms with Gasteiger partial charge in [-0.1, -0.05) is 0 Å². The van der Waals surface area contributed by atoms with Crippen molar-refractivity contribution in [2.24, 2.45) is 0 Å². The average Bonchev–Trinajstić information content (AvgIpc) is 3.05. The molecule has 8 heteroatoms. The van der Waals surface area contributed by atoms with Crippen LogP contribution < -0.4 is 9.46 Å². The highest BCUT2D eigenvalue weighted by Crippen LogP contribution is 2.22. The second kappa shape index (κ2) is 7.30. The molecular formula is C15H17NO6S. The summed E-state index contributed by atoms with van der Waals surface area (Å²) < 4.78 is 41.7. The van der Waals surface area contributed by atoms with Crippen molar-refractivity contribution in [1.82, 2.24) is 4.72 Å². The van der Waals surface area contributed by atoms with E-state index < -0.39 is 16.0 Å². The smallest absolute Gasteiger partial charge is 0.343 e. The molecule has 1 N–H and O–H groups in total. The van der Waals surface area contributed by atoms with Crippen molar-refractivity contribution >= 4 is 16.0 Å². The summed E-state index contributed by atoms with van der Waals surface area (Å²) in [5.41, 5.74) is 0.592. The first-order valence-electron chi connectivity index (χ1n) is 6.74. The third kappa shape index (κ3) is 4.57. The van der Waals surface area contributed by atoms with Crippen molar-refractivity contribution in [3.05, 3.63) is 47.9 Å². The molecule has 0 aliphatic carbocycles. The van der Waals surface area contributed by atoms with Crippen LogP contribution in [-0.2, 0) is 26.1 Å². The van der Waals surface area contributed by atoms with E-state index >= 15 is 0 Å². The molecule has 0 aliphatic heterocycles. The first-order chi connectivity index (χ1) is 10.9. The quantitative estimate of drug-likeness (QED) is 0.770. The molecule has 2 rings (SSSR count). The first-order valence-corrected chi connectivity index (χ1v) is 8.23. The zero-order chi connectivity index (χ0) is 16.9. The van der Waals surface area contributed by atoms with E-state index in [1.807, 2.05) is 0 Å². The standard InChI is InChI=1S/C15H17NO6S/c1-11-8-13(5-6-14(11)22-10-15(17)20-2)23(18,19)16-9-12-4-3-7-21-12/h3-8,16H,9-10H2,1-2H3. The number of sulfonamides is 1. The predicted molar refractivity (Wildman–Crippen MR) is 81.4 cm³/mol. The van der Waals surface area contributed by atoms with Gasteiger partial charge in [-0.25, -0.2) is 17.9 Å². The summed E-state index contributed by atoms with van der Waals surface area (Å²) in [7, 11) is -2.41. The lowest BCUT2D eigenvalue weighted by atomic mass is 10.2. The fourth-order valence-corrected chi connectivity index (χ4v) is 2.89. The maximum Gasteiger partial charge on any atom is 0.343 e. The zero-order valence-corrected chi connectivity index (χ0v) is 13.6. The van der Waals surface area contributed by atoms with Gasteiger partial charge in [0.15, 0.2) is 6.61 Å². The molecule has 1 aromatic carbocycles. The zero-order valence-electron chi connectivity index (χ0n) is 12.7. The number of ether oxygens (including phenoxy) is 2. The molecule has 0 bridgehead atoms. The number of aryl methyl sites for hydroxylation is 1. The van der Waals surface area contributed by atoms with Gasteiger partial charge in [-0.05, 0) is 42.8 Å². The predicted octanol–water partition coefficient (Wildman–Crippen LogP) is 1.62. The second-order valence-corrected chi connectivity index (χ2v) is 6.46. The SMILES string of the molecule is COC(=O)COc1ccc(S(=O)(=O)NCc2ccco2)cc1C. The summed E-state index contributed by atoms with van der Waals surface area (Å²) in [6.45, 7) is 1.52. The Morgan fingerprint density at radius 1 is 1.30 bits per heavy atom. The maximum absolute atomic E-state index is 12.2. The van der Waals surface area contributed by atoms with Crippen LogP contribution in [0.15, 0.2) is 45.9 Å². The molecule has 1 aromatic heterocycles. The molecule has 0 aliphatic rings. The van der Waals surface area contributed by atoms with Crippen LogP contribution in [0.2, 0.25) is 0 Å². The molecule has 0 spiro atoms. The summed E-state index contributed by atoms with van der Waals surface area (Å²) in [5, 5.41) is 0. The number of furan rings is 1. The lowest BCUT2D eigenvalue weighted by Gasteiger charge is -2.10. The van der Waals surface area contributed by atoms with Gasteiger partial charge in [0.25, 0.3) is 0 Å². The Morgan fingerprint density at radius 3 is 2.70 bits per heavy atom. The van der Waals surface area contributed by atoms with Crippen molar-refractivity contribution in [2.75, 3.05) is 13.7 Å². The van der Waals surface area contributed by atoms with E-state index in [2.05, 4.69) is 9.46 Å². The van der Waals surface area contributed by atoms with Gasteiger partial charge in [0.05, 0.1) is 24.8 Å². The van der Waals surface area contributed by atoms with Crippen molar-refractivity contribution in [3.8, 4) is 5.75 Å². The van der Waals surface area contributed by atoms with Gasteiger partial charge in [-0.2, -0.15) is 0 Å². The fourth-order valence-electron chi connectivity index (χ4n) is 1.81. The minimum absolute atomic E-state index is 0.0645. The summed E-state index contributed by atoms with van der Waals surface area (Å²) >= 11 is 0. The Kier molecular flexibility index (Phi) is 5.41. The van der Waals surface area contributed by atoms with E-state index in [1.54, 1.807) is 19.1 Å². The molecule has 124 valence electrons. The lowest BCUT2D eigenvalue weighted by Crippen LogP contribution is -2.23. The van der Waals surface area contributed by atoms with Crippen molar-refractivity contribution < 1.29 is 27.1 Å². The summed E-state index contributed by atoms with van der Waals surface area (Å²) in [6, 6.07) is 7.74. The van der Waals surface area contributed by atoms with Crippen LogP contribution in [0.1, 0.15) is 11.3 Å². The Labute approximate surface area is 134 Å². The fraction of sp³-hybridized carbons (Fsp3) is 0.267. The molecule has 23 heavy (non-hydrogen) atoms. The summed E-state index contributed by atoms with van der Waals surface area (Å²) in [6.07, 6.45) is 1.47. The maximum atomic E-state index is 12.2. The second-order valence-electron chi connectivity index (χ2n) is 4.70. The number of nitrogens with one attached hydrogen (secondary N) is 1. The van der Waals surface area contributed by atoms with Gasteiger partial charge >= 0.3 is 5.97 Å². The van der Waals surface area contributed by atoms with Gasteiger partial charge in [-0.15, -0.1) is 0 Å². The van der Waals surface area contributed by atoms with Gasteiger partial charge < -0.3 is 13.9 Å². The number of rotatable bonds is 7. The lowest BCUT2D eigenvalue weighted by molar-refractivity contribution is -0.142. The summed E-state index contributed by atoms with van der Waals surface area (Å²) in [4.78, 5) is 11.2. The third-order valence-electron chi connectivity index (χ3n) is 3.05. The minimum atomic E-state index is -3.67. The number of carbonyl (C=O) groups is 1. The summed E-state index contributed by atoms with van der Waals surface area (Å²) in [5.74, 6) is 0.421. The van der Waals surface area contributed by atoms with Crippen molar-refractivity contribution in [1.29, 1.82) is 0 Å². The minimum Gasteiger partial charge on any atom is -0.482 e. The molecule has 1 heterocycles. The Balaban J connectivity index is 2.07. The molecule has 0 atom stereocenters. The number of hydrogen-bond donors (Lipinski definition) is 1. The number of esters is 1. The van der Waals surface area contributed by atoms with E-state index in [9.17, 15) is 13.2 Å². The molecule has 0 saturated carbocycles. The molecule has 7 nitrogen and oxygen atoms in total. The van der Waals surface area contributed by atoms with Crippen LogP contribution in [0.25, 0.3) is 0 Å². The van der Waals surface area contributed by atoms with Gasteiger partial charge in [-0.3, -0.25) is 0 Å². The number of methoxy groups -OCH3 is 1. The van der Waals surface area contributed by atoms with Crippen LogP contribution in [0, 0.1) is 6.92 Å². The van der Waals surface area contributed by atoms with Crippen molar-refractivity contribution in [3.63, 3.8) is 0 Å². The number of carbonyl (C=O) groups excluding carboxylic acids is 1. The molecule has 2 aromatic rings. The molecular weight excluding hydrogens is 322 g/mol. The molecule has 0 radical (unpaired) electrons. The Bertz CT molecular complexity index is 767. The Morgan fingerprint density at radius 2 is 2.09 bits per heavy atom. The van der Waals surface area contributed by atoms with Crippen LogP contribution in [0.4, 0.5) is 0 Å². The van der Waals surface area contributed by atoms with E-state index in [1.165, 1.54) is 31.6 Å². The topological polar surface area (TPSA) is 94.8 Å². The monoisotopic (exact) mass is 339 g/mol. The van der Waals surface area contributed by atoms with Crippen molar-refractivity contribution in [2.45, 2.75) is 18.4 Å². The first kappa shape index (κ1) is 17.0. The van der Waals surface area contributed by atoms with E-state index in [-0.39, 0.29) is 18.0 Å². The van der Waals surface area contributed by atoms with Gasteiger partial charge in [0.1, 0.15) is 11.5 Å². The van der Waals surface area contributed by atoms with E-state index in [0.717, 1.165) is 0 Å². The molecule has 0 fully saturated rings. The molecule has 0 saturated heterocycles. The normalized spacial score (nSPS) is 11.2. The van der Waals surface area contributed by atoms with Crippen LogP contribution in [0.3, 0.4) is 0 Å². The third-order valence-corrected chi connectivity index (χ3v) is 4.45. The van der Waals surface area contributed by atoms with E-state index in [4.69, 9.17) is 9.15 Å². The Hall–Kier alpha value is -2.32. The largest absolute Gasteiger partial charge is 0.482 e. The average molecular weight is 339 g/mol. The molecule has 0 unspecified atom stereocenters. The highest BCUT2D eigenvalue weighted by Gasteiger charge is 2.16. The molecule has 0 amide bonds.